The minimum absolute atomic E-state index is 0.261. The molecule has 0 radical (unpaired) electrons. The van der Waals surface area contributed by atoms with Crippen molar-refractivity contribution in [1.82, 2.24) is 0 Å². The molecule has 0 aliphatic heterocycles. The van der Waals surface area contributed by atoms with Crippen LogP contribution in [0.25, 0.3) is 11.0 Å². The van der Waals surface area contributed by atoms with Gasteiger partial charge in [-0.2, -0.15) is 0 Å². The molecule has 82 valence electrons. The summed E-state index contributed by atoms with van der Waals surface area (Å²) in [4.78, 5) is 22.8. The Labute approximate surface area is 91.4 Å². The van der Waals surface area contributed by atoms with Crippen molar-refractivity contribution >= 4 is 16.9 Å². The number of methoxy groups -OCH3 is 1. The summed E-state index contributed by atoms with van der Waals surface area (Å²) in [6.45, 7) is 1.66. The minimum Gasteiger partial charge on any atom is -0.465 e. The summed E-state index contributed by atoms with van der Waals surface area (Å²) in [5.74, 6) is -0.516. The minimum atomic E-state index is -0.516. The van der Waals surface area contributed by atoms with Gasteiger partial charge >= 0.3 is 11.6 Å². The quantitative estimate of drug-likeness (QED) is 0.541. The van der Waals surface area contributed by atoms with E-state index in [9.17, 15) is 9.59 Å². The molecule has 1 aromatic heterocycles. The fourth-order valence-corrected chi connectivity index (χ4v) is 1.52. The van der Waals surface area contributed by atoms with E-state index in [2.05, 4.69) is 4.74 Å². The summed E-state index contributed by atoms with van der Waals surface area (Å²) < 4.78 is 9.70. The van der Waals surface area contributed by atoms with Crippen LogP contribution < -0.4 is 5.63 Å². The van der Waals surface area contributed by atoms with Crippen LogP contribution in [0.4, 0.5) is 0 Å². The molecule has 0 unspecified atom stereocenters. The second kappa shape index (κ2) is 3.81. The molecule has 0 fully saturated rings. The maximum absolute atomic E-state index is 11.4. The molecular formula is C12H10O4. The first-order valence-corrected chi connectivity index (χ1v) is 4.75. The third-order valence-electron chi connectivity index (χ3n) is 2.34. The largest absolute Gasteiger partial charge is 0.465 e. The van der Waals surface area contributed by atoms with E-state index in [4.69, 9.17) is 4.42 Å². The first kappa shape index (κ1) is 10.4. The van der Waals surface area contributed by atoms with Crippen molar-refractivity contribution in [2.75, 3.05) is 7.11 Å². The number of para-hydroxylation sites is 1. The number of ether oxygens (including phenoxy) is 1. The second-order valence-electron chi connectivity index (χ2n) is 3.43. The number of carbonyl (C=O) groups excluding carboxylic acids is 1. The molecule has 0 aliphatic carbocycles. The predicted octanol–water partition coefficient (Wildman–Crippen LogP) is 1.89. The Morgan fingerprint density at radius 2 is 2.12 bits per heavy atom. The topological polar surface area (TPSA) is 56.5 Å². The number of carbonyl (C=O) groups is 1. The number of rotatable bonds is 1. The number of benzene rings is 1. The van der Waals surface area contributed by atoms with E-state index >= 15 is 0 Å². The Balaban J connectivity index is 2.82. The number of esters is 1. The van der Waals surface area contributed by atoms with Crippen LogP contribution in [0.1, 0.15) is 15.9 Å². The van der Waals surface area contributed by atoms with Gasteiger partial charge in [-0.1, -0.05) is 12.1 Å². The van der Waals surface area contributed by atoms with Gasteiger partial charge in [0.05, 0.1) is 7.11 Å². The molecule has 0 bridgehead atoms. The van der Waals surface area contributed by atoms with Crippen molar-refractivity contribution in [3.05, 3.63) is 45.8 Å². The van der Waals surface area contributed by atoms with Gasteiger partial charge < -0.3 is 9.15 Å². The van der Waals surface area contributed by atoms with Crippen LogP contribution in [-0.2, 0) is 4.74 Å². The average Bonchev–Trinajstić information content (AvgIpc) is 2.29. The fourth-order valence-electron chi connectivity index (χ4n) is 1.52. The standard InChI is InChI=1S/C12H10O4/c1-7-6-8-4-3-5-9(12(14)15-2)10(8)16-11(7)13/h3-6H,1-2H3. The molecule has 0 atom stereocenters. The van der Waals surface area contributed by atoms with Crippen molar-refractivity contribution in [3.63, 3.8) is 0 Å². The van der Waals surface area contributed by atoms with Crippen LogP contribution in [0, 0.1) is 6.92 Å². The average molecular weight is 218 g/mol. The van der Waals surface area contributed by atoms with E-state index in [0.717, 1.165) is 0 Å². The maximum Gasteiger partial charge on any atom is 0.341 e. The Hall–Kier alpha value is -2.10. The predicted molar refractivity (Wildman–Crippen MR) is 58.6 cm³/mol. The maximum atomic E-state index is 11.4. The molecule has 4 nitrogen and oxygen atoms in total. The smallest absolute Gasteiger partial charge is 0.341 e. The molecule has 1 aromatic carbocycles. The molecule has 0 spiro atoms. The SMILES string of the molecule is COC(=O)c1cccc2cc(C)c(=O)oc12. The number of fused-ring (bicyclic) bond motifs is 1. The third kappa shape index (κ3) is 1.58. The van der Waals surface area contributed by atoms with Gasteiger partial charge in [0.1, 0.15) is 5.56 Å². The highest BCUT2D eigenvalue weighted by atomic mass is 16.5. The van der Waals surface area contributed by atoms with E-state index in [1.807, 2.05) is 0 Å². The lowest BCUT2D eigenvalue weighted by atomic mass is 10.1. The molecule has 0 amide bonds. The number of aryl methyl sites for hydroxylation is 1. The van der Waals surface area contributed by atoms with E-state index in [1.54, 1.807) is 31.2 Å². The zero-order chi connectivity index (χ0) is 11.7. The summed E-state index contributed by atoms with van der Waals surface area (Å²) in [6.07, 6.45) is 0. The summed E-state index contributed by atoms with van der Waals surface area (Å²) in [5.41, 5.74) is 0.598. The molecule has 2 rings (SSSR count). The van der Waals surface area contributed by atoms with Gasteiger partial charge in [-0.05, 0) is 19.1 Å². The molecule has 0 saturated carbocycles. The van der Waals surface area contributed by atoms with Crippen LogP contribution in [0.3, 0.4) is 0 Å². The van der Waals surface area contributed by atoms with Gasteiger partial charge in [0.15, 0.2) is 5.58 Å². The molecule has 0 N–H and O–H groups in total. The first-order valence-electron chi connectivity index (χ1n) is 4.75. The highest BCUT2D eigenvalue weighted by Gasteiger charge is 2.13. The fraction of sp³-hybridized carbons (Fsp3) is 0.167. The zero-order valence-electron chi connectivity index (χ0n) is 8.94. The van der Waals surface area contributed by atoms with Crippen LogP contribution in [0.15, 0.2) is 33.5 Å². The normalized spacial score (nSPS) is 10.4. The van der Waals surface area contributed by atoms with Crippen molar-refractivity contribution in [3.8, 4) is 0 Å². The zero-order valence-corrected chi connectivity index (χ0v) is 8.94. The Morgan fingerprint density at radius 1 is 1.38 bits per heavy atom. The molecule has 1 heterocycles. The molecular weight excluding hydrogens is 208 g/mol. The van der Waals surface area contributed by atoms with Gasteiger partial charge in [-0.15, -0.1) is 0 Å². The molecule has 0 aliphatic rings. The van der Waals surface area contributed by atoms with E-state index in [-0.39, 0.29) is 11.1 Å². The lowest BCUT2D eigenvalue weighted by Crippen LogP contribution is -2.06. The van der Waals surface area contributed by atoms with Crippen LogP contribution in [0.2, 0.25) is 0 Å². The Kier molecular flexibility index (Phi) is 2.48. The first-order chi connectivity index (χ1) is 7.63. The van der Waals surface area contributed by atoms with Crippen LogP contribution >= 0.6 is 0 Å². The highest BCUT2D eigenvalue weighted by Crippen LogP contribution is 2.18. The Bertz CT molecular complexity index is 610. The van der Waals surface area contributed by atoms with Crippen molar-refractivity contribution in [2.45, 2.75) is 6.92 Å². The monoisotopic (exact) mass is 218 g/mol. The van der Waals surface area contributed by atoms with E-state index < -0.39 is 11.6 Å². The second-order valence-corrected chi connectivity index (χ2v) is 3.43. The lowest BCUT2D eigenvalue weighted by molar-refractivity contribution is 0.0601. The molecule has 0 saturated heterocycles. The van der Waals surface area contributed by atoms with Gasteiger partial charge in [-0.3, -0.25) is 0 Å². The van der Waals surface area contributed by atoms with Crippen molar-refractivity contribution < 1.29 is 13.9 Å². The van der Waals surface area contributed by atoms with Gasteiger partial charge in [-0.25, -0.2) is 9.59 Å². The number of hydrogen-bond acceptors (Lipinski definition) is 4. The lowest BCUT2D eigenvalue weighted by Gasteiger charge is -2.03. The van der Waals surface area contributed by atoms with E-state index in [0.29, 0.717) is 10.9 Å². The number of hydrogen-bond donors (Lipinski definition) is 0. The summed E-state index contributed by atoms with van der Waals surface area (Å²) in [7, 11) is 1.29. The summed E-state index contributed by atoms with van der Waals surface area (Å²) >= 11 is 0. The molecule has 4 heteroatoms. The Morgan fingerprint density at radius 3 is 2.81 bits per heavy atom. The summed E-state index contributed by atoms with van der Waals surface area (Å²) in [6, 6.07) is 6.74. The van der Waals surface area contributed by atoms with Gasteiger partial charge in [0, 0.05) is 10.9 Å². The van der Waals surface area contributed by atoms with Crippen molar-refractivity contribution in [1.29, 1.82) is 0 Å². The summed E-state index contributed by atoms with van der Waals surface area (Å²) in [5, 5.41) is 0.708. The van der Waals surface area contributed by atoms with E-state index in [1.165, 1.54) is 7.11 Å². The van der Waals surface area contributed by atoms with Crippen LogP contribution in [0.5, 0.6) is 0 Å². The van der Waals surface area contributed by atoms with Crippen LogP contribution in [-0.4, -0.2) is 13.1 Å². The molecule has 2 aromatic rings. The van der Waals surface area contributed by atoms with Gasteiger partial charge in [0.25, 0.3) is 0 Å². The molecule has 16 heavy (non-hydrogen) atoms. The third-order valence-corrected chi connectivity index (χ3v) is 2.34. The van der Waals surface area contributed by atoms with Gasteiger partial charge in [0.2, 0.25) is 0 Å². The van der Waals surface area contributed by atoms with Crippen molar-refractivity contribution in [2.24, 2.45) is 0 Å². The highest BCUT2D eigenvalue weighted by molar-refractivity contribution is 6.01.